The second kappa shape index (κ2) is 12.9. The van der Waals surface area contributed by atoms with Gasteiger partial charge in [-0.2, -0.15) is 0 Å². The zero-order valence-corrected chi connectivity index (χ0v) is 22.0. The highest BCUT2D eigenvalue weighted by Gasteiger charge is 2.21. The van der Waals surface area contributed by atoms with Crippen molar-refractivity contribution in [1.29, 1.82) is 0 Å². The van der Waals surface area contributed by atoms with Crippen LogP contribution in [-0.2, 0) is 9.53 Å². The SMILES string of the molecule is COCCOc1ccc(Cl)cc1C(N)=O.O=C1CN=C(c2c(Cl)cc(Cl)cc2Cl)c2ccccc2N1. The molecule has 1 aliphatic heterocycles. The van der Waals surface area contributed by atoms with E-state index in [4.69, 9.17) is 61.6 Å². The van der Waals surface area contributed by atoms with E-state index < -0.39 is 5.91 Å². The zero-order chi connectivity index (χ0) is 26.2. The summed E-state index contributed by atoms with van der Waals surface area (Å²) in [6.45, 7) is 0.818. The number of nitrogens with zero attached hydrogens (tertiary/aromatic N) is 1. The van der Waals surface area contributed by atoms with Crippen LogP contribution in [0.3, 0.4) is 0 Å². The summed E-state index contributed by atoms with van der Waals surface area (Å²) in [5.74, 6) is -0.326. The molecule has 3 N–H and O–H groups in total. The lowest BCUT2D eigenvalue weighted by atomic mass is 10.0. The number of primary amides is 1. The van der Waals surface area contributed by atoms with Crippen LogP contribution in [0, 0.1) is 0 Å². The van der Waals surface area contributed by atoms with Gasteiger partial charge in [0.25, 0.3) is 5.91 Å². The van der Waals surface area contributed by atoms with Crippen molar-refractivity contribution < 1.29 is 19.1 Å². The Balaban J connectivity index is 0.000000214. The average Bonchev–Trinajstić information content (AvgIpc) is 2.98. The Morgan fingerprint density at radius 1 is 1.00 bits per heavy atom. The monoisotopic (exact) mass is 567 g/mol. The van der Waals surface area contributed by atoms with E-state index in [1.165, 1.54) is 6.07 Å². The number of para-hydroxylation sites is 1. The molecule has 11 heteroatoms. The van der Waals surface area contributed by atoms with Gasteiger partial charge in [0.2, 0.25) is 5.91 Å². The smallest absolute Gasteiger partial charge is 0.252 e. The van der Waals surface area contributed by atoms with Gasteiger partial charge in [0.1, 0.15) is 18.9 Å². The number of rotatable bonds is 6. The van der Waals surface area contributed by atoms with Crippen molar-refractivity contribution in [2.24, 2.45) is 10.7 Å². The highest BCUT2D eigenvalue weighted by atomic mass is 35.5. The maximum absolute atomic E-state index is 11.7. The van der Waals surface area contributed by atoms with Gasteiger partial charge in [-0.25, -0.2) is 0 Å². The number of carbonyl (C=O) groups is 2. The number of methoxy groups -OCH3 is 1. The molecule has 7 nitrogen and oxygen atoms in total. The van der Waals surface area contributed by atoms with Crippen molar-refractivity contribution in [3.05, 3.63) is 91.4 Å². The van der Waals surface area contributed by atoms with Crippen molar-refractivity contribution in [2.45, 2.75) is 0 Å². The number of hydrogen-bond acceptors (Lipinski definition) is 5. The molecular formula is C25H21Cl4N3O4. The third-order valence-electron chi connectivity index (χ3n) is 4.83. The van der Waals surface area contributed by atoms with E-state index in [2.05, 4.69) is 10.3 Å². The van der Waals surface area contributed by atoms with Gasteiger partial charge in [-0.05, 0) is 36.4 Å². The Labute approximate surface area is 228 Å². The summed E-state index contributed by atoms with van der Waals surface area (Å²) in [6, 6.07) is 15.3. The molecule has 0 unspecified atom stereocenters. The first-order chi connectivity index (χ1) is 17.2. The highest BCUT2D eigenvalue weighted by molar-refractivity contribution is 6.44. The van der Waals surface area contributed by atoms with Gasteiger partial charge < -0.3 is 20.5 Å². The Morgan fingerprint density at radius 2 is 1.69 bits per heavy atom. The molecule has 0 saturated heterocycles. The number of nitrogens with two attached hydrogens (primary N) is 1. The first kappa shape index (κ1) is 27.8. The maximum atomic E-state index is 11.7. The van der Waals surface area contributed by atoms with Crippen LogP contribution in [0.4, 0.5) is 5.69 Å². The zero-order valence-electron chi connectivity index (χ0n) is 19.0. The van der Waals surface area contributed by atoms with Gasteiger partial charge in [-0.15, -0.1) is 0 Å². The van der Waals surface area contributed by atoms with Crippen LogP contribution in [0.25, 0.3) is 0 Å². The molecule has 3 aromatic rings. The molecule has 0 spiro atoms. The number of fused-ring (bicyclic) bond motifs is 1. The number of anilines is 1. The normalized spacial score (nSPS) is 12.4. The van der Waals surface area contributed by atoms with E-state index in [1.54, 1.807) is 31.4 Å². The minimum Gasteiger partial charge on any atom is -0.490 e. The molecular weight excluding hydrogens is 548 g/mol. The summed E-state index contributed by atoms with van der Waals surface area (Å²) in [5, 5.41) is 4.50. The van der Waals surface area contributed by atoms with Gasteiger partial charge >= 0.3 is 0 Å². The molecule has 4 rings (SSSR count). The second-order valence-corrected chi connectivity index (χ2v) is 9.04. The summed E-state index contributed by atoms with van der Waals surface area (Å²) < 4.78 is 10.1. The first-order valence-electron chi connectivity index (χ1n) is 10.5. The summed E-state index contributed by atoms with van der Waals surface area (Å²) in [7, 11) is 1.57. The maximum Gasteiger partial charge on any atom is 0.252 e. The molecule has 36 heavy (non-hydrogen) atoms. The Morgan fingerprint density at radius 3 is 2.36 bits per heavy atom. The Kier molecular flexibility index (Phi) is 9.98. The summed E-state index contributed by atoms with van der Waals surface area (Å²) in [5.41, 5.74) is 8.06. The number of halogens is 4. The van der Waals surface area contributed by atoms with E-state index in [0.29, 0.717) is 56.0 Å². The van der Waals surface area contributed by atoms with Gasteiger partial charge in [0.05, 0.1) is 33.6 Å². The summed E-state index contributed by atoms with van der Waals surface area (Å²) >= 11 is 24.2. The molecule has 0 radical (unpaired) electrons. The third kappa shape index (κ3) is 7.12. The molecule has 0 bridgehead atoms. The molecule has 3 aromatic carbocycles. The van der Waals surface area contributed by atoms with E-state index in [1.807, 2.05) is 24.3 Å². The Hall–Kier alpha value is -2.81. The molecule has 1 heterocycles. The number of carbonyl (C=O) groups excluding carboxylic acids is 2. The van der Waals surface area contributed by atoms with Crippen LogP contribution in [0.15, 0.2) is 59.6 Å². The molecule has 0 aliphatic carbocycles. The molecule has 1 aliphatic rings. The van der Waals surface area contributed by atoms with Crippen LogP contribution >= 0.6 is 46.4 Å². The predicted octanol–water partition coefficient (Wildman–Crippen LogP) is 5.90. The fourth-order valence-corrected chi connectivity index (χ4v) is 4.43. The lowest BCUT2D eigenvalue weighted by molar-refractivity contribution is -0.114. The van der Waals surface area contributed by atoms with Crippen molar-refractivity contribution in [3.8, 4) is 5.75 Å². The number of benzene rings is 3. The van der Waals surface area contributed by atoms with Gasteiger partial charge in [-0.3, -0.25) is 14.6 Å². The van der Waals surface area contributed by atoms with Crippen LogP contribution in [0.2, 0.25) is 20.1 Å². The van der Waals surface area contributed by atoms with Crippen molar-refractivity contribution in [3.63, 3.8) is 0 Å². The fraction of sp³-hybridized carbons (Fsp3) is 0.160. The third-order valence-corrected chi connectivity index (χ3v) is 5.88. The number of ether oxygens (including phenoxy) is 2. The highest BCUT2D eigenvalue weighted by Crippen LogP contribution is 2.33. The molecule has 0 saturated carbocycles. The summed E-state index contributed by atoms with van der Waals surface area (Å²) in [4.78, 5) is 27.2. The van der Waals surface area contributed by atoms with Gasteiger partial charge in [-0.1, -0.05) is 64.6 Å². The minimum atomic E-state index is -0.565. The number of hydrogen-bond donors (Lipinski definition) is 2. The molecule has 0 aromatic heterocycles. The lowest BCUT2D eigenvalue weighted by Gasteiger charge is -2.12. The van der Waals surface area contributed by atoms with E-state index >= 15 is 0 Å². The van der Waals surface area contributed by atoms with Crippen molar-refractivity contribution in [1.82, 2.24) is 0 Å². The van der Waals surface area contributed by atoms with Crippen LogP contribution in [0.5, 0.6) is 5.75 Å². The molecule has 0 atom stereocenters. The second-order valence-electron chi connectivity index (χ2n) is 7.35. The Bertz CT molecular complexity index is 1290. The number of aliphatic imine (C=N–C) groups is 1. The number of benzodiazepines with no additional fused rings is 1. The fourth-order valence-electron chi connectivity index (χ4n) is 3.26. The van der Waals surface area contributed by atoms with Crippen LogP contribution in [-0.4, -0.2) is 44.4 Å². The number of nitrogens with one attached hydrogen (secondary N) is 1. The van der Waals surface area contributed by atoms with E-state index in [-0.39, 0.29) is 18.0 Å². The lowest BCUT2D eigenvalue weighted by Crippen LogP contribution is -2.14. The predicted molar refractivity (Wildman–Crippen MR) is 144 cm³/mol. The van der Waals surface area contributed by atoms with Gasteiger partial charge in [0, 0.05) is 28.3 Å². The molecule has 0 fully saturated rings. The summed E-state index contributed by atoms with van der Waals surface area (Å²) in [6.07, 6.45) is 0. The molecule has 2 amide bonds. The quantitative estimate of drug-likeness (QED) is 0.361. The average molecular weight is 569 g/mol. The molecule has 188 valence electrons. The van der Waals surface area contributed by atoms with Crippen LogP contribution < -0.4 is 15.8 Å². The standard InChI is InChI=1S/C15H9Cl3N2O.C10H12ClNO3/c16-8-5-10(17)14(11(18)6-8)15-9-3-1-2-4-12(9)20-13(21)7-19-15;1-14-4-5-15-9-3-2-7(11)6-8(9)10(12)13/h1-6H,7H2,(H,20,21);2-3,6H,4-5H2,1H3,(H2,12,13). The topological polar surface area (TPSA) is 103 Å². The van der Waals surface area contributed by atoms with Crippen molar-refractivity contribution in [2.75, 3.05) is 32.2 Å². The van der Waals surface area contributed by atoms with Gasteiger partial charge in [0.15, 0.2) is 0 Å². The van der Waals surface area contributed by atoms with Crippen molar-refractivity contribution >= 4 is 69.6 Å². The van der Waals surface area contributed by atoms with E-state index in [0.717, 1.165) is 5.56 Å². The first-order valence-corrected chi connectivity index (χ1v) is 12.0. The van der Waals surface area contributed by atoms with Crippen LogP contribution in [0.1, 0.15) is 21.5 Å². The van der Waals surface area contributed by atoms with E-state index in [9.17, 15) is 9.59 Å². The largest absolute Gasteiger partial charge is 0.490 e. The number of amides is 2. The minimum absolute atomic E-state index is 0.0132.